The molecular formula is C17H17ClN8O3. The van der Waals surface area contributed by atoms with E-state index in [9.17, 15) is 14.4 Å². The number of para-hydroxylation sites is 1. The van der Waals surface area contributed by atoms with Crippen LogP contribution in [0.15, 0.2) is 45.0 Å². The normalized spacial score (nSPS) is 12.1. The van der Waals surface area contributed by atoms with Gasteiger partial charge in [0.05, 0.1) is 23.2 Å². The van der Waals surface area contributed by atoms with Crippen molar-refractivity contribution in [1.82, 2.24) is 30.4 Å². The van der Waals surface area contributed by atoms with Crippen molar-refractivity contribution in [1.29, 1.82) is 0 Å². The van der Waals surface area contributed by atoms with E-state index < -0.39 is 23.2 Å². The fraction of sp³-hybridized carbons (Fsp3) is 0.176. The number of halogens is 1. The van der Waals surface area contributed by atoms with Gasteiger partial charge in [0.25, 0.3) is 11.5 Å². The zero-order valence-corrected chi connectivity index (χ0v) is 16.2. The van der Waals surface area contributed by atoms with Crippen LogP contribution in [0.4, 0.5) is 5.82 Å². The number of hydrogen-bond acceptors (Lipinski definition) is 7. The average Bonchev–Trinajstić information content (AvgIpc) is 2.98. The maximum Gasteiger partial charge on any atom is 0.342 e. The lowest BCUT2D eigenvalue weighted by atomic mass is 10.3. The first-order valence-electron chi connectivity index (χ1n) is 8.46. The van der Waals surface area contributed by atoms with Gasteiger partial charge in [-0.3, -0.25) is 14.6 Å². The Bertz CT molecular complexity index is 1170. The molecule has 11 nitrogen and oxygen atoms in total. The van der Waals surface area contributed by atoms with Crippen molar-refractivity contribution in [3.05, 3.63) is 67.6 Å². The molecule has 1 amide bonds. The molecule has 0 saturated heterocycles. The molecule has 0 aliphatic carbocycles. The molecule has 1 atom stereocenters. The molecule has 150 valence electrons. The fourth-order valence-corrected chi connectivity index (χ4v) is 2.69. The quantitative estimate of drug-likeness (QED) is 0.340. The summed E-state index contributed by atoms with van der Waals surface area (Å²) in [6.07, 6.45) is 1.39. The molecule has 0 fully saturated rings. The molecular weight excluding hydrogens is 400 g/mol. The van der Waals surface area contributed by atoms with Crippen molar-refractivity contribution >= 4 is 29.5 Å². The van der Waals surface area contributed by atoms with Crippen molar-refractivity contribution in [2.45, 2.75) is 19.9 Å². The molecule has 1 aromatic carbocycles. The minimum absolute atomic E-state index is 0.195. The smallest absolute Gasteiger partial charge is 0.342 e. The second-order valence-corrected chi connectivity index (χ2v) is 6.35. The number of nitrogens with one attached hydrogen (secondary N) is 4. The second kappa shape index (κ2) is 8.52. The van der Waals surface area contributed by atoms with Gasteiger partial charge in [0.2, 0.25) is 5.82 Å². The van der Waals surface area contributed by atoms with Crippen LogP contribution in [-0.2, 0) is 4.79 Å². The molecule has 0 saturated carbocycles. The predicted molar refractivity (Wildman–Crippen MR) is 108 cm³/mol. The molecule has 0 spiro atoms. The average molecular weight is 417 g/mol. The van der Waals surface area contributed by atoms with E-state index in [2.05, 4.69) is 31.1 Å². The third-order valence-electron chi connectivity index (χ3n) is 3.88. The Labute approximate surface area is 168 Å². The summed E-state index contributed by atoms with van der Waals surface area (Å²) in [6.45, 7) is 3.27. The number of hydrazone groups is 1. The van der Waals surface area contributed by atoms with Crippen LogP contribution in [0.2, 0.25) is 5.15 Å². The minimum atomic E-state index is -0.852. The Kier molecular flexibility index (Phi) is 5.88. The molecule has 12 heteroatoms. The molecule has 29 heavy (non-hydrogen) atoms. The standard InChI is InChI=1S/C17H17ClN8O3/c1-9-12(13(18)26(25-9)11-6-4-3-5-7-11)8-19-23-15(27)10(2)20-14-16(28)21-17(29)24-22-14/h3-8,10H,1-2H3,(H,20,22)(H,23,27)(H2,21,24,28,29)/b19-8-. The Morgan fingerprint density at radius 1 is 1.31 bits per heavy atom. The van der Waals surface area contributed by atoms with E-state index in [0.29, 0.717) is 16.4 Å². The van der Waals surface area contributed by atoms with Gasteiger partial charge in [0, 0.05) is 0 Å². The number of nitrogens with zero attached hydrogens (tertiary/aromatic N) is 4. The third kappa shape index (κ3) is 4.58. The highest BCUT2D eigenvalue weighted by Crippen LogP contribution is 2.21. The molecule has 0 aliphatic heterocycles. The lowest BCUT2D eigenvalue weighted by Gasteiger charge is -2.11. The fourth-order valence-electron chi connectivity index (χ4n) is 2.37. The van der Waals surface area contributed by atoms with E-state index in [1.54, 1.807) is 11.6 Å². The number of H-pyrrole nitrogens is 2. The maximum absolute atomic E-state index is 12.2. The summed E-state index contributed by atoms with van der Waals surface area (Å²) in [4.78, 5) is 36.7. The van der Waals surface area contributed by atoms with Gasteiger partial charge < -0.3 is 5.32 Å². The molecule has 0 bridgehead atoms. The first-order chi connectivity index (χ1) is 13.9. The van der Waals surface area contributed by atoms with Crippen LogP contribution < -0.4 is 22.0 Å². The minimum Gasteiger partial charge on any atom is -0.353 e. The van der Waals surface area contributed by atoms with Gasteiger partial charge >= 0.3 is 5.69 Å². The van der Waals surface area contributed by atoms with E-state index in [-0.39, 0.29) is 5.82 Å². The van der Waals surface area contributed by atoms with Crippen LogP contribution in [0, 0.1) is 6.92 Å². The van der Waals surface area contributed by atoms with Gasteiger partial charge in [-0.1, -0.05) is 29.8 Å². The van der Waals surface area contributed by atoms with Crippen molar-refractivity contribution in [2.75, 3.05) is 5.32 Å². The summed E-state index contributed by atoms with van der Waals surface area (Å²) in [7, 11) is 0. The molecule has 3 aromatic rings. The van der Waals surface area contributed by atoms with Crippen LogP contribution in [-0.4, -0.2) is 43.1 Å². The molecule has 2 heterocycles. The topological polar surface area (TPSA) is 150 Å². The zero-order valence-electron chi connectivity index (χ0n) is 15.4. The molecule has 4 N–H and O–H groups in total. The van der Waals surface area contributed by atoms with Gasteiger partial charge in [-0.25, -0.2) is 20.0 Å². The van der Waals surface area contributed by atoms with Crippen molar-refractivity contribution < 1.29 is 4.79 Å². The van der Waals surface area contributed by atoms with E-state index >= 15 is 0 Å². The Morgan fingerprint density at radius 2 is 2.03 bits per heavy atom. The lowest BCUT2D eigenvalue weighted by molar-refractivity contribution is -0.121. The number of anilines is 1. The highest BCUT2D eigenvalue weighted by molar-refractivity contribution is 6.32. The number of rotatable bonds is 6. The zero-order chi connectivity index (χ0) is 21.0. The number of carbonyl (C=O) groups excluding carboxylic acids is 1. The first-order valence-corrected chi connectivity index (χ1v) is 8.83. The second-order valence-electron chi connectivity index (χ2n) is 5.99. The van der Waals surface area contributed by atoms with Gasteiger partial charge in [0.1, 0.15) is 11.2 Å². The number of aryl methyl sites for hydroxylation is 1. The van der Waals surface area contributed by atoms with E-state index in [1.165, 1.54) is 13.1 Å². The highest BCUT2D eigenvalue weighted by atomic mass is 35.5. The summed E-state index contributed by atoms with van der Waals surface area (Å²) in [5, 5.41) is 16.8. The summed E-state index contributed by atoms with van der Waals surface area (Å²) in [6, 6.07) is 8.50. The summed E-state index contributed by atoms with van der Waals surface area (Å²) in [5.74, 6) is -0.725. The van der Waals surface area contributed by atoms with Crippen LogP contribution in [0.25, 0.3) is 5.69 Å². The van der Waals surface area contributed by atoms with E-state index in [0.717, 1.165) is 5.69 Å². The van der Waals surface area contributed by atoms with Crippen LogP contribution in [0.3, 0.4) is 0 Å². The molecule has 3 rings (SSSR count). The Morgan fingerprint density at radius 3 is 2.72 bits per heavy atom. The Balaban J connectivity index is 1.68. The first kappa shape index (κ1) is 20.0. The SMILES string of the molecule is Cc1nn(-c2ccccc2)c(Cl)c1/C=N\NC(=O)C(C)Nc1n[nH]c(=O)[nH]c1=O. The van der Waals surface area contributed by atoms with Crippen molar-refractivity contribution in [3.63, 3.8) is 0 Å². The Hall–Kier alpha value is -3.73. The largest absolute Gasteiger partial charge is 0.353 e. The van der Waals surface area contributed by atoms with Gasteiger partial charge in [-0.05, 0) is 26.0 Å². The number of aromatic nitrogens is 5. The third-order valence-corrected chi connectivity index (χ3v) is 4.24. The number of aromatic amines is 2. The summed E-state index contributed by atoms with van der Waals surface area (Å²) in [5.41, 5.74) is 2.83. The molecule has 2 aromatic heterocycles. The molecule has 1 unspecified atom stereocenters. The lowest BCUT2D eigenvalue weighted by Crippen LogP contribution is -2.38. The van der Waals surface area contributed by atoms with Crippen molar-refractivity contribution in [2.24, 2.45) is 5.10 Å². The van der Waals surface area contributed by atoms with Crippen LogP contribution >= 0.6 is 11.6 Å². The van der Waals surface area contributed by atoms with Crippen LogP contribution in [0.5, 0.6) is 0 Å². The molecule has 0 aliphatic rings. The number of amides is 1. The van der Waals surface area contributed by atoms with Crippen LogP contribution in [0.1, 0.15) is 18.2 Å². The summed E-state index contributed by atoms with van der Waals surface area (Å²) < 4.78 is 1.57. The van der Waals surface area contributed by atoms with E-state index in [4.69, 9.17) is 11.6 Å². The number of hydrogen-bond donors (Lipinski definition) is 4. The molecule has 0 radical (unpaired) electrons. The summed E-state index contributed by atoms with van der Waals surface area (Å²) >= 11 is 6.39. The van der Waals surface area contributed by atoms with Crippen molar-refractivity contribution in [3.8, 4) is 5.69 Å². The van der Waals surface area contributed by atoms with Gasteiger partial charge in [-0.2, -0.15) is 10.2 Å². The van der Waals surface area contributed by atoms with Gasteiger partial charge in [-0.15, -0.1) is 5.10 Å². The predicted octanol–water partition coefficient (Wildman–Crippen LogP) is 0.556. The maximum atomic E-state index is 12.2. The number of benzene rings is 1. The monoisotopic (exact) mass is 416 g/mol. The van der Waals surface area contributed by atoms with Gasteiger partial charge in [0.15, 0.2) is 0 Å². The van der Waals surface area contributed by atoms with E-state index in [1.807, 2.05) is 35.3 Å². The highest BCUT2D eigenvalue weighted by Gasteiger charge is 2.16. The number of carbonyl (C=O) groups is 1.